The average Bonchev–Trinajstić information content (AvgIpc) is 3.60. The maximum absolute atomic E-state index is 15.1. The van der Waals surface area contributed by atoms with Crippen LogP contribution in [0.1, 0.15) is 42.5 Å². The monoisotopic (exact) mass is 721 g/mol. The average molecular weight is 723 g/mol. The summed E-state index contributed by atoms with van der Waals surface area (Å²) in [7, 11) is 0. The van der Waals surface area contributed by atoms with Crippen molar-refractivity contribution in [1.29, 1.82) is 5.26 Å². The molecule has 2 fully saturated rings. The van der Waals surface area contributed by atoms with Gasteiger partial charge in [-0.25, -0.2) is 27.9 Å². The van der Waals surface area contributed by atoms with Crippen LogP contribution < -0.4 is 10.5 Å². The van der Waals surface area contributed by atoms with Gasteiger partial charge in [-0.3, -0.25) is 9.36 Å². The van der Waals surface area contributed by atoms with E-state index in [-0.39, 0.29) is 81.0 Å². The number of aromatic nitrogens is 3. The number of halogens is 6. The van der Waals surface area contributed by atoms with Gasteiger partial charge in [-0.15, -0.1) is 0 Å². The van der Waals surface area contributed by atoms with Gasteiger partial charge in [-0.1, -0.05) is 34.5 Å². The van der Waals surface area contributed by atoms with Crippen molar-refractivity contribution in [3.63, 3.8) is 0 Å². The molecule has 0 aliphatic carbocycles. The number of fused-ring (bicyclic) bond motifs is 3. The number of carbonyl (C=O) groups excluding carboxylic acids is 2. The third-order valence-electron chi connectivity index (χ3n) is 9.62. The SMILES string of the molecule is N#CCC1CC2(CCC3CCOc4c(cc(Cl)c(-c5ccc(F)c6sc(N)nc56)c4Cl)C(=O)N3CC2C(F)F)N1C(=O)n1cnc(F)c1. The molecule has 2 aromatic carbocycles. The second kappa shape index (κ2) is 12.1. The van der Waals surface area contributed by atoms with Gasteiger partial charge in [0.2, 0.25) is 12.4 Å². The molecule has 3 aliphatic heterocycles. The third kappa shape index (κ3) is 5.03. The van der Waals surface area contributed by atoms with Crippen LogP contribution in [-0.2, 0) is 0 Å². The molecule has 3 aliphatic rings. The molecule has 4 aromatic rings. The molecule has 2 amide bonds. The molecule has 10 nitrogen and oxygen atoms in total. The zero-order valence-corrected chi connectivity index (χ0v) is 27.1. The Morgan fingerprint density at radius 1 is 1.25 bits per heavy atom. The van der Waals surface area contributed by atoms with Crippen molar-refractivity contribution >= 4 is 61.8 Å². The van der Waals surface area contributed by atoms with Crippen molar-refractivity contribution < 1.29 is 31.9 Å². The van der Waals surface area contributed by atoms with Crippen molar-refractivity contribution in [2.45, 2.75) is 56.2 Å². The Morgan fingerprint density at radius 3 is 2.75 bits per heavy atom. The molecule has 7 rings (SSSR count). The minimum Gasteiger partial charge on any atom is -0.491 e. The van der Waals surface area contributed by atoms with E-state index >= 15 is 8.78 Å². The number of rotatable bonds is 3. The number of thiazole rings is 1. The van der Waals surface area contributed by atoms with E-state index in [9.17, 15) is 23.6 Å². The number of nitriles is 1. The molecule has 4 atom stereocenters. The first-order chi connectivity index (χ1) is 22.9. The Morgan fingerprint density at radius 2 is 2.04 bits per heavy atom. The molecule has 1 spiro atoms. The predicted octanol–water partition coefficient (Wildman–Crippen LogP) is 6.99. The quantitative estimate of drug-likeness (QED) is 0.226. The molecular formula is C31H25Cl2F4N7O3S. The first-order valence-corrected chi connectivity index (χ1v) is 16.5. The summed E-state index contributed by atoms with van der Waals surface area (Å²) in [5, 5.41) is 9.53. The second-order valence-corrected chi connectivity index (χ2v) is 13.9. The molecular weight excluding hydrogens is 697 g/mol. The molecule has 48 heavy (non-hydrogen) atoms. The highest BCUT2D eigenvalue weighted by molar-refractivity contribution is 7.22. The van der Waals surface area contributed by atoms with Crippen LogP contribution >= 0.6 is 34.5 Å². The van der Waals surface area contributed by atoms with E-state index in [1.807, 2.05) is 6.07 Å². The summed E-state index contributed by atoms with van der Waals surface area (Å²) in [5.41, 5.74) is 5.22. The van der Waals surface area contributed by atoms with Crippen LogP contribution in [0.25, 0.3) is 21.3 Å². The fourth-order valence-corrected chi connectivity index (χ4v) is 8.97. The van der Waals surface area contributed by atoms with Gasteiger partial charge in [0.25, 0.3) is 5.91 Å². The summed E-state index contributed by atoms with van der Waals surface area (Å²) < 4.78 is 65.7. The fourth-order valence-electron chi connectivity index (χ4n) is 7.49. The van der Waals surface area contributed by atoms with Crippen molar-refractivity contribution in [3.8, 4) is 22.9 Å². The number of carbonyl (C=O) groups is 2. The Labute approximate surface area is 284 Å². The number of likely N-dealkylation sites (tertiary alicyclic amines) is 1. The highest BCUT2D eigenvalue weighted by Crippen LogP contribution is 2.53. The number of alkyl halides is 2. The van der Waals surface area contributed by atoms with E-state index in [2.05, 4.69) is 9.97 Å². The number of anilines is 1. The largest absolute Gasteiger partial charge is 0.491 e. The maximum atomic E-state index is 15.1. The number of nitrogens with two attached hydrogens (primary N) is 1. The van der Waals surface area contributed by atoms with E-state index in [0.29, 0.717) is 5.56 Å². The lowest BCUT2D eigenvalue weighted by Gasteiger charge is -2.60. The van der Waals surface area contributed by atoms with Gasteiger partial charge in [-0.2, -0.15) is 9.65 Å². The number of nitrogens with zero attached hydrogens (tertiary/aromatic N) is 6. The molecule has 0 bridgehead atoms. The summed E-state index contributed by atoms with van der Waals surface area (Å²) in [6.45, 7) is -0.360. The number of hydrogen-bond donors (Lipinski definition) is 1. The number of amides is 2. The van der Waals surface area contributed by atoms with Gasteiger partial charge in [0.15, 0.2) is 10.9 Å². The van der Waals surface area contributed by atoms with Gasteiger partial charge < -0.3 is 20.3 Å². The van der Waals surface area contributed by atoms with Crippen molar-refractivity contribution in [2.24, 2.45) is 5.92 Å². The first kappa shape index (κ1) is 32.4. The Kier molecular flexibility index (Phi) is 8.16. The van der Waals surface area contributed by atoms with E-state index < -0.39 is 60.2 Å². The van der Waals surface area contributed by atoms with Crippen LogP contribution in [0.15, 0.2) is 30.7 Å². The van der Waals surface area contributed by atoms with Gasteiger partial charge in [0.05, 0.1) is 62.6 Å². The van der Waals surface area contributed by atoms with Crippen LogP contribution in [0, 0.1) is 29.0 Å². The van der Waals surface area contributed by atoms with Crippen LogP contribution in [0.2, 0.25) is 10.0 Å². The van der Waals surface area contributed by atoms with Crippen LogP contribution in [0.3, 0.4) is 0 Å². The van der Waals surface area contributed by atoms with Gasteiger partial charge in [0, 0.05) is 36.2 Å². The van der Waals surface area contributed by atoms with Crippen molar-refractivity contribution in [2.75, 3.05) is 18.9 Å². The van der Waals surface area contributed by atoms with Crippen LogP contribution in [0.5, 0.6) is 5.75 Å². The lowest BCUT2D eigenvalue weighted by Crippen LogP contribution is -2.73. The van der Waals surface area contributed by atoms with E-state index in [4.69, 9.17) is 33.7 Å². The molecule has 2 aromatic heterocycles. The summed E-state index contributed by atoms with van der Waals surface area (Å²) in [6.07, 6.45) is -0.551. The molecule has 4 unspecified atom stereocenters. The van der Waals surface area contributed by atoms with Gasteiger partial charge in [-0.05, 0) is 37.5 Å². The Bertz CT molecular complexity index is 2020. The number of nitrogen functional groups attached to an aromatic ring is 1. The summed E-state index contributed by atoms with van der Waals surface area (Å²) in [5.74, 6) is -3.61. The zero-order valence-electron chi connectivity index (χ0n) is 24.8. The standard InChI is InChI=1S/C31H25Cl2F4N7O3S/c32-19-9-17-25(23(33)22(19)16-1-2-20(34)26-24(16)41-29(39)48-26)47-8-5-14-3-6-31(18(27(36)37)11-43(14)28(17)45)10-15(4-7-38)44(31)30(46)42-12-21(35)40-13-42/h1-2,9,12-15,18,27H,3-6,8,10-11H2,(H2,39,41). The van der Waals surface area contributed by atoms with E-state index in [1.54, 1.807) is 0 Å². The van der Waals surface area contributed by atoms with E-state index in [1.165, 1.54) is 28.0 Å². The Hall–Kier alpha value is -4.13. The molecule has 0 radical (unpaired) electrons. The fraction of sp³-hybridized carbons (Fsp3) is 0.387. The minimum atomic E-state index is -2.96. The lowest BCUT2D eigenvalue weighted by molar-refractivity contribution is -0.118. The second-order valence-electron chi connectivity index (χ2n) is 12.1. The van der Waals surface area contributed by atoms with Gasteiger partial charge in [0.1, 0.15) is 12.1 Å². The topological polar surface area (TPSA) is 130 Å². The maximum Gasteiger partial charge on any atom is 0.330 e. The number of ether oxygens (including phenoxy) is 1. The predicted molar refractivity (Wildman–Crippen MR) is 169 cm³/mol. The number of imidazole rings is 1. The smallest absolute Gasteiger partial charge is 0.330 e. The molecule has 250 valence electrons. The minimum absolute atomic E-state index is 0.00980. The highest BCUT2D eigenvalue weighted by atomic mass is 35.5. The molecule has 5 heterocycles. The molecule has 0 saturated carbocycles. The summed E-state index contributed by atoms with van der Waals surface area (Å²) >= 11 is 14.6. The molecule has 2 N–H and O–H groups in total. The molecule has 2 saturated heterocycles. The Balaban J connectivity index is 1.28. The third-order valence-corrected chi connectivity index (χ3v) is 11.2. The highest BCUT2D eigenvalue weighted by Gasteiger charge is 2.62. The van der Waals surface area contributed by atoms with E-state index in [0.717, 1.165) is 28.4 Å². The van der Waals surface area contributed by atoms with Crippen LogP contribution in [0.4, 0.5) is 27.5 Å². The van der Waals surface area contributed by atoms with Crippen LogP contribution in [-0.4, -0.2) is 73.5 Å². The van der Waals surface area contributed by atoms with Crippen molar-refractivity contribution in [3.05, 3.63) is 58.1 Å². The first-order valence-electron chi connectivity index (χ1n) is 14.9. The summed E-state index contributed by atoms with van der Waals surface area (Å²) in [6, 6.07) is 4.02. The lowest BCUT2D eigenvalue weighted by atomic mass is 9.66. The molecule has 17 heteroatoms. The normalized spacial score (nSPS) is 24.0. The number of benzene rings is 2. The number of hydrogen-bond acceptors (Lipinski definition) is 8. The van der Waals surface area contributed by atoms with Gasteiger partial charge >= 0.3 is 6.03 Å². The summed E-state index contributed by atoms with van der Waals surface area (Å²) in [4.78, 5) is 38.2. The van der Waals surface area contributed by atoms with Crippen molar-refractivity contribution in [1.82, 2.24) is 24.3 Å². The zero-order chi connectivity index (χ0) is 34.1.